The van der Waals surface area contributed by atoms with Crippen molar-refractivity contribution in [3.63, 3.8) is 0 Å². The molecule has 4 saturated heterocycles. The number of ether oxygens (including phenoxy) is 9. The SMILES string of the molecule is CC[C@H]1OC(=O)[C@H](C)[C@@H](O[C@H]2C[C@@](C)(OC)[C@@H](OC(=O)CCNCCCc3ccc4c(c3)c(=O)c(C(=O)O)cn4C3CC3)[C@H](C)O2)[C@H](C)C(O[C@H]2O[C@H](O)[C@@H](N(C)C)C[C@H]2C)[C@](C)(O)C[C@@H](C)CN(C)[C@H](C)C2OC(=O)OC21C. The number of aliphatic hydroxyl groups excluding tert-OH is 1. The van der Waals surface area contributed by atoms with Gasteiger partial charge in [0.25, 0.3) is 0 Å². The van der Waals surface area contributed by atoms with Gasteiger partial charge in [0.1, 0.15) is 17.3 Å². The average Bonchev–Trinajstić information content (AvgIpc) is 4.35. The van der Waals surface area contributed by atoms with Gasteiger partial charge in [0.2, 0.25) is 5.43 Å². The van der Waals surface area contributed by atoms with Crippen molar-refractivity contribution in [2.45, 2.75) is 217 Å². The normalized spacial score (nSPS) is 38.1. The summed E-state index contributed by atoms with van der Waals surface area (Å²) in [5, 5.41) is 37.5. The van der Waals surface area contributed by atoms with Crippen molar-refractivity contribution >= 4 is 35.0 Å². The molecule has 3 unspecified atom stereocenters. The number of rotatable bonds is 17. The lowest BCUT2D eigenvalue weighted by Crippen LogP contribution is -2.60. The van der Waals surface area contributed by atoms with Gasteiger partial charge >= 0.3 is 24.1 Å². The van der Waals surface area contributed by atoms with Crippen LogP contribution in [0, 0.1) is 23.7 Å². The Labute approximate surface area is 465 Å². The summed E-state index contributed by atoms with van der Waals surface area (Å²) >= 11 is 0. The van der Waals surface area contributed by atoms with Gasteiger partial charge in [0, 0.05) is 62.1 Å². The van der Waals surface area contributed by atoms with Crippen LogP contribution in [-0.4, -0.2) is 186 Å². The zero-order chi connectivity index (χ0) is 58.1. The quantitative estimate of drug-likeness (QED) is 0.0830. The molecule has 0 amide bonds. The van der Waals surface area contributed by atoms with Gasteiger partial charge in [0.05, 0.1) is 47.8 Å². The number of likely N-dealkylation sites (N-methyl/N-ethyl adjacent to an activating group) is 2. The largest absolute Gasteiger partial charge is 0.509 e. The Kier molecular flexibility index (Phi) is 20.1. The molecule has 21 nitrogen and oxygen atoms in total. The molecule has 0 radical (unpaired) electrons. The Balaban J connectivity index is 1.06. The topological polar surface area (TPSA) is 253 Å². The van der Waals surface area contributed by atoms with E-state index in [-0.39, 0.29) is 55.2 Å². The Bertz CT molecular complexity index is 2520. The van der Waals surface area contributed by atoms with Gasteiger partial charge in [-0.1, -0.05) is 33.8 Å². The number of hydrogen-bond donors (Lipinski definition) is 4. The minimum absolute atomic E-state index is 0.0476. The van der Waals surface area contributed by atoms with Crippen molar-refractivity contribution in [3.8, 4) is 0 Å². The van der Waals surface area contributed by atoms with E-state index >= 15 is 0 Å². The summed E-state index contributed by atoms with van der Waals surface area (Å²) in [5.41, 5.74) is -3.17. The number of carboxylic acid groups (broad SMARTS) is 1. The van der Waals surface area contributed by atoms with Gasteiger partial charge in [-0.05, 0) is 138 Å². The molecule has 5 heterocycles. The molecule has 1 aromatic heterocycles. The first-order valence-electron chi connectivity index (χ1n) is 28.5. The molecule has 1 saturated carbocycles. The van der Waals surface area contributed by atoms with E-state index in [2.05, 4.69) is 5.32 Å². The smallest absolute Gasteiger partial charge is 0.477 e. The Hall–Kier alpha value is -4.29. The summed E-state index contributed by atoms with van der Waals surface area (Å²) < 4.78 is 58.9. The fourth-order valence-corrected chi connectivity index (χ4v) is 12.8. The minimum Gasteiger partial charge on any atom is -0.477 e. The lowest BCUT2D eigenvalue weighted by molar-refractivity contribution is -0.330. The van der Waals surface area contributed by atoms with Crippen molar-refractivity contribution in [2.24, 2.45) is 23.7 Å². The molecule has 7 rings (SSSR count). The van der Waals surface area contributed by atoms with Crippen LogP contribution in [0.3, 0.4) is 0 Å². The van der Waals surface area contributed by atoms with Crippen molar-refractivity contribution in [2.75, 3.05) is 47.9 Å². The van der Waals surface area contributed by atoms with Crippen LogP contribution in [0.5, 0.6) is 0 Å². The number of nitrogens with one attached hydrogen (secondary N) is 1. The van der Waals surface area contributed by atoms with Gasteiger partial charge in [-0.25, -0.2) is 9.59 Å². The van der Waals surface area contributed by atoms with Gasteiger partial charge in [-0.2, -0.15) is 0 Å². The summed E-state index contributed by atoms with van der Waals surface area (Å²) in [5.74, 6) is -4.60. The van der Waals surface area contributed by atoms with E-state index in [1.54, 1.807) is 33.8 Å². The summed E-state index contributed by atoms with van der Waals surface area (Å²) in [6.45, 7) is 19.6. The molecule has 21 heteroatoms. The fourth-order valence-electron chi connectivity index (χ4n) is 12.8. The molecule has 1 aliphatic carbocycles. The Morgan fingerprint density at radius 3 is 2.30 bits per heavy atom. The number of pyridine rings is 1. The van der Waals surface area contributed by atoms with Crippen LogP contribution >= 0.6 is 0 Å². The van der Waals surface area contributed by atoms with Crippen LogP contribution in [0.1, 0.15) is 143 Å². The highest BCUT2D eigenvalue weighted by Crippen LogP contribution is 2.43. The van der Waals surface area contributed by atoms with E-state index in [1.807, 2.05) is 89.2 Å². The van der Waals surface area contributed by atoms with Gasteiger partial charge in [0.15, 0.2) is 36.7 Å². The number of aryl methyl sites for hydroxylation is 1. The number of carbonyl (C=O) groups is 4. The summed E-state index contributed by atoms with van der Waals surface area (Å²) in [6.07, 6.45) is -3.71. The van der Waals surface area contributed by atoms with E-state index in [4.69, 9.17) is 42.6 Å². The molecular formula is C58H90N4O17. The van der Waals surface area contributed by atoms with Crippen LogP contribution in [0.4, 0.5) is 4.79 Å². The Morgan fingerprint density at radius 2 is 1.66 bits per heavy atom. The maximum atomic E-state index is 14.8. The number of aromatic carboxylic acids is 1. The zero-order valence-electron chi connectivity index (χ0n) is 48.9. The van der Waals surface area contributed by atoms with E-state index in [0.29, 0.717) is 44.3 Å². The monoisotopic (exact) mass is 1110 g/mol. The Morgan fingerprint density at radius 1 is 0.949 bits per heavy atom. The number of nitrogens with zero attached hydrogens (tertiary/aromatic N) is 3. The average molecular weight is 1120 g/mol. The van der Waals surface area contributed by atoms with Crippen molar-refractivity contribution in [1.29, 1.82) is 0 Å². The number of aliphatic hydroxyl groups is 2. The third-order valence-electron chi connectivity index (χ3n) is 17.5. The molecule has 18 atom stereocenters. The molecule has 1 aromatic carbocycles. The summed E-state index contributed by atoms with van der Waals surface area (Å²) in [6, 6.07) is 5.15. The molecular weight excluding hydrogens is 1020 g/mol. The molecule has 4 N–H and O–H groups in total. The number of methoxy groups -OCH3 is 1. The fraction of sp³-hybridized carbons (Fsp3) is 0.776. The molecule has 79 heavy (non-hydrogen) atoms. The highest BCUT2D eigenvalue weighted by atomic mass is 16.8. The van der Waals surface area contributed by atoms with Gasteiger partial charge < -0.3 is 72.7 Å². The number of benzene rings is 1. The van der Waals surface area contributed by atoms with E-state index < -0.39 is 120 Å². The number of carbonyl (C=O) groups excluding carboxylic acids is 3. The van der Waals surface area contributed by atoms with Crippen molar-refractivity contribution in [3.05, 3.63) is 45.7 Å². The first-order valence-corrected chi connectivity index (χ1v) is 28.5. The predicted molar refractivity (Wildman–Crippen MR) is 290 cm³/mol. The lowest BCUT2D eigenvalue weighted by Gasteiger charge is -2.49. The number of carboxylic acids is 1. The summed E-state index contributed by atoms with van der Waals surface area (Å²) in [4.78, 5) is 70.2. The second-order valence-corrected chi connectivity index (χ2v) is 24.4. The van der Waals surface area contributed by atoms with Gasteiger partial charge in [-0.15, -0.1) is 0 Å². The van der Waals surface area contributed by atoms with E-state index in [9.17, 15) is 39.3 Å². The maximum Gasteiger partial charge on any atom is 0.509 e. The van der Waals surface area contributed by atoms with Crippen molar-refractivity contribution in [1.82, 2.24) is 19.7 Å². The van der Waals surface area contributed by atoms with E-state index in [0.717, 1.165) is 23.9 Å². The van der Waals surface area contributed by atoms with Crippen molar-refractivity contribution < 1.29 is 77.1 Å². The van der Waals surface area contributed by atoms with Crippen LogP contribution in [0.2, 0.25) is 0 Å². The molecule has 5 aliphatic rings. The minimum atomic E-state index is -1.59. The maximum absolute atomic E-state index is 14.8. The molecule has 5 fully saturated rings. The first-order chi connectivity index (χ1) is 37.1. The third-order valence-corrected chi connectivity index (χ3v) is 17.5. The number of aromatic nitrogens is 1. The zero-order valence-corrected chi connectivity index (χ0v) is 48.9. The molecule has 2 aromatic rings. The second kappa shape index (κ2) is 25.5. The second-order valence-electron chi connectivity index (χ2n) is 24.4. The molecule has 0 spiro atoms. The standard InChI is InChI=1S/C58H90N4O17/c1-15-43-58(10)49(77-55(69)79-58)35(6)61(13)29-31(2)27-56(8,70)48(76-54-32(3)25-42(60(11)12)53(68)78-54)33(4)47(34(5)52(67)73-43)75-45-28-57(9,71-14)50(36(7)72-45)74-44(63)22-24-59-23-16-17-37-18-21-41-39(26-37)46(64)40(51(65)66)30-62(41)38-19-20-38/h18,21,26,30-36,38,42-43,45,47-50,53-54,59,68,70H,15-17,19-20,22-25,27-29H2,1-14H3,(H,65,66)/t31-,32-,33+,34-,35-,36+,42+,43-,45+,47+,48?,49?,50+,53+,54+,56-,57-,58?/m1/s1. The molecule has 0 bridgehead atoms. The number of esters is 2. The van der Waals surface area contributed by atoms with Crippen LogP contribution in [-0.2, 0) is 58.6 Å². The highest BCUT2D eigenvalue weighted by molar-refractivity contribution is 5.92. The lowest BCUT2D eigenvalue weighted by atomic mass is 9.77. The number of hydrogen-bond acceptors (Lipinski definition) is 19. The number of cyclic esters (lactones) is 1. The van der Waals surface area contributed by atoms with Crippen LogP contribution in [0.15, 0.2) is 29.2 Å². The van der Waals surface area contributed by atoms with Crippen LogP contribution < -0.4 is 10.7 Å². The third kappa shape index (κ3) is 14.0. The van der Waals surface area contributed by atoms with Gasteiger partial charge in [-0.3, -0.25) is 19.3 Å². The van der Waals surface area contributed by atoms with Crippen LogP contribution in [0.25, 0.3) is 10.9 Å². The number of fused-ring (bicyclic) bond motifs is 2. The molecule has 444 valence electrons. The van der Waals surface area contributed by atoms with E-state index in [1.165, 1.54) is 13.3 Å². The first kappa shape index (κ1) is 62.3. The highest BCUT2D eigenvalue weighted by Gasteiger charge is 2.58. The predicted octanol–water partition coefficient (Wildman–Crippen LogP) is 5.80. The molecule has 4 aliphatic heterocycles. The summed E-state index contributed by atoms with van der Waals surface area (Å²) in [7, 11) is 7.17.